The molecule has 16 heteroatoms. The molecule has 55 heavy (non-hydrogen) atoms. The average Bonchev–Trinajstić information content (AvgIpc) is 3.87. The van der Waals surface area contributed by atoms with Crippen LogP contribution in [0.4, 0.5) is 10.6 Å². The molecular weight excluding hydrogens is 708 g/mol. The minimum absolute atomic E-state index is 0.0522. The summed E-state index contributed by atoms with van der Waals surface area (Å²) in [6.45, 7) is -0.955. The van der Waals surface area contributed by atoms with Crippen molar-refractivity contribution in [2.24, 2.45) is 0 Å². The van der Waals surface area contributed by atoms with Gasteiger partial charge in [-0.2, -0.15) is 0 Å². The number of fused-ring (bicyclic) bond motifs is 4. The Hall–Kier alpha value is -6.10. The van der Waals surface area contributed by atoms with Gasteiger partial charge in [0.2, 0.25) is 11.8 Å². The highest BCUT2D eigenvalue weighted by atomic mass is 16.6. The van der Waals surface area contributed by atoms with E-state index in [1.54, 1.807) is 36.3 Å². The van der Waals surface area contributed by atoms with Crippen molar-refractivity contribution in [3.8, 4) is 16.9 Å². The fraction of sp³-hybridized carbons (Fsp3) is 0.333. The molecule has 3 aromatic carbocycles. The number of rotatable bonds is 13. The number of hydrogen-bond donors (Lipinski definition) is 5. The van der Waals surface area contributed by atoms with E-state index in [-0.39, 0.29) is 18.9 Å². The molecule has 3 heterocycles. The maximum absolute atomic E-state index is 13.6. The second-order valence-electron chi connectivity index (χ2n) is 13.5. The third kappa shape index (κ3) is 7.64. The first-order chi connectivity index (χ1) is 26.7. The summed E-state index contributed by atoms with van der Waals surface area (Å²) in [5.41, 5.74) is 5.87. The van der Waals surface area contributed by atoms with Gasteiger partial charge in [0, 0.05) is 26.4 Å². The number of carbonyl (C=O) groups excluding carboxylic acids is 3. The zero-order valence-corrected chi connectivity index (χ0v) is 30.5. The minimum atomic E-state index is -1.31. The van der Waals surface area contributed by atoms with Gasteiger partial charge in [-0.05, 0) is 39.9 Å². The summed E-state index contributed by atoms with van der Waals surface area (Å²) in [7, 11) is 5.17. The standard InChI is InChI=1S/C39H42N8O8/c1-46(2)35-33-36(42-20-41-35)47(21-43-33)38-34(50)32(30(18-48)55-38)45-31(49)17-40-37(51)29(16-22-12-14-23(53-3)15-13-22)44-39(52)54-19-28-26-10-6-4-8-24(26)25-9-5-7-11-27(25)28/h4-15,20-21,28-30,32,34,38,48,50H,16-19H2,1-3H3,(H,40,51)(H,44,52)(H,45,49)/t29-,30+,32?,34-,38+/m0/s1. The molecule has 286 valence electrons. The largest absolute Gasteiger partial charge is 0.497 e. The number of aliphatic hydroxyl groups is 2. The van der Waals surface area contributed by atoms with Crippen LogP contribution in [0, 0.1) is 0 Å². The molecule has 3 amide bonds. The first kappa shape index (κ1) is 37.2. The smallest absolute Gasteiger partial charge is 0.407 e. The molecule has 5 atom stereocenters. The lowest BCUT2D eigenvalue weighted by atomic mass is 9.98. The second-order valence-corrected chi connectivity index (χ2v) is 13.5. The molecule has 16 nitrogen and oxygen atoms in total. The van der Waals surface area contributed by atoms with Crippen LogP contribution in [0.2, 0.25) is 0 Å². The number of methoxy groups -OCH3 is 1. The quantitative estimate of drug-likeness (QED) is 0.117. The molecule has 1 aliphatic carbocycles. The van der Waals surface area contributed by atoms with Crippen LogP contribution in [0.1, 0.15) is 28.8 Å². The van der Waals surface area contributed by atoms with Crippen molar-refractivity contribution in [3.63, 3.8) is 0 Å². The third-order valence-electron chi connectivity index (χ3n) is 9.89. The van der Waals surface area contributed by atoms with Crippen LogP contribution in [0.5, 0.6) is 5.75 Å². The highest BCUT2D eigenvalue weighted by molar-refractivity contribution is 5.90. The van der Waals surface area contributed by atoms with E-state index in [4.69, 9.17) is 14.2 Å². The predicted octanol–water partition coefficient (Wildman–Crippen LogP) is 1.90. The van der Waals surface area contributed by atoms with Gasteiger partial charge in [0.1, 0.15) is 36.9 Å². The molecule has 1 aliphatic heterocycles. The Morgan fingerprint density at radius 2 is 1.65 bits per heavy atom. The monoisotopic (exact) mass is 750 g/mol. The van der Waals surface area contributed by atoms with Gasteiger partial charge in [-0.1, -0.05) is 60.7 Å². The molecule has 5 N–H and O–H groups in total. The van der Waals surface area contributed by atoms with Crippen molar-refractivity contribution in [1.29, 1.82) is 0 Å². The van der Waals surface area contributed by atoms with E-state index in [9.17, 15) is 24.6 Å². The molecule has 0 bridgehead atoms. The van der Waals surface area contributed by atoms with Gasteiger partial charge in [-0.25, -0.2) is 19.7 Å². The summed E-state index contributed by atoms with van der Waals surface area (Å²) in [6, 6.07) is 20.8. The number of aromatic nitrogens is 4. The number of hydrogen-bond acceptors (Lipinski definition) is 12. The van der Waals surface area contributed by atoms with E-state index < -0.39 is 61.6 Å². The third-order valence-corrected chi connectivity index (χ3v) is 9.89. The number of carbonyl (C=O) groups is 3. The summed E-state index contributed by atoms with van der Waals surface area (Å²) in [5.74, 6) is -0.281. The Labute approximate surface area is 316 Å². The Balaban J connectivity index is 0.999. The maximum atomic E-state index is 13.6. The van der Waals surface area contributed by atoms with Crippen LogP contribution in [0.3, 0.4) is 0 Å². The lowest BCUT2D eigenvalue weighted by molar-refractivity contribution is -0.128. The first-order valence-electron chi connectivity index (χ1n) is 17.8. The molecule has 2 aliphatic rings. The highest BCUT2D eigenvalue weighted by Crippen LogP contribution is 2.44. The van der Waals surface area contributed by atoms with Gasteiger partial charge >= 0.3 is 6.09 Å². The van der Waals surface area contributed by atoms with Crippen LogP contribution in [0.25, 0.3) is 22.3 Å². The number of aliphatic hydroxyl groups excluding tert-OH is 2. The number of benzene rings is 3. The maximum Gasteiger partial charge on any atom is 0.407 e. The molecule has 1 saturated heterocycles. The van der Waals surface area contributed by atoms with Crippen molar-refractivity contribution in [3.05, 3.63) is 102 Å². The van der Waals surface area contributed by atoms with Gasteiger partial charge in [-0.3, -0.25) is 14.2 Å². The van der Waals surface area contributed by atoms with E-state index in [2.05, 4.69) is 30.9 Å². The molecular formula is C39H42N8O8. The fourth-order valence-electron chi connectivity index (χ4n) is 7.18. The van der Waals surface area contributed by atoms with E-state index in [0.29, 0.717) is 22.7 Å². The Kier molecular flexibility index (Phi) is 10.9. The van der Waals surface area contributed by atoms with Crippen LogP contribution in [-0.2, 0) is 25.5 Å². The molecule has 2 aromatic heterocycles. The molecule has 7 rings (SSSR count). The fourth-order valence-corrected chi connectivity index (χ4v) is 7.18. The van der Waals surface area contributed by atoms with E-state index >= 15 is 0 Å². The normalized spacial score (nSPS) is 19.3. The van der Waals surface area contributed by atoms with E-state index in [1.807, 2.05) is 62.6 Å². The number of nitrogens with one attached hydrogen (secondary N) is 3. The highest BCUT2D eigenvalue weighted by Gasteiger charge is 2.46. The van der Waals surface area contributed by atoms with Crippen molar-refractivity contribution in [2.75, 3.05) is 45.9 Å². The van der Waals surface area contributed by atoms with Crippen molar-refractivity contribution < 1.29 is 38.8 Å². The van der Waals surface area contributed by atoms with Gasteiger partial charge in [-0.15, -0.1) is 0 Å². The molecule has 1 unspecified atom stereocenters. The SMILES string of the molecule is COc1ccc(C[C@H](NC(=O)OCC2c3ccccc3-c3ccccc32)C(=O)NCC(=O)NC2[C@@H](CO)O[C@@H](n3cnc4c(N(C)C)ncnc43)[C@H]2O)cc1. The zero-order chi connectivity index (χ0) is 38.6. The van der Waals surface area contributed by atoms with Crippen molar-refractivity contribution in [1.82, 2.24) is 35.5 Å². The van der Waals surface area contributed by atoms with Crippen LogP contribution in [-0.4, -0.2) is 113 Å². The summed E-state index contributed by atoms with van der Waals surface area (Å²) in [4.78, 5) is 54.8. The number of ether oxygens (including phenoxy) is 3. The molecule has 0 radical (unpaired) electrons. The van der Waals surface area contributed by atoms with E-state index in [1.165, 1.54) is 17.2 Å². The van der Waals surface area contributed by atoms with Gasteiger partial charge in [0.05, 0.1) is 32.6 Å². The first-order valence-corrected chi connectivity index (χ1v) is 17.8. The number of anilines is 1. The lowest BCUT2D eigenvalue weighted by Gasteiger charge is -2.22. The van der Waals surface area contributed by atoms with Crippen molar-refractivity contribution >= 4 is 34.9 Å². The molecule has 0 spiro atoms. The Morgan fingerprint density at radius 1 is 0.964 bits per heavy atom. The number of imidazole rings is 1. The van der Waals surface area contributed by atoms with Gasteiger partial charge in [0.25, 0.3) is 0 Å². The van der Waals surface area contributed by atoms with Gasteiger partial charge < -0.3 is 45.3 Å². The summed E-state index contributed by atoms with van der Waals surface area (Å²) < 4.78 is 18.4. The Morgan fingerprint density at radius 3 is 2.31 bits per heavy atom. The predicted molar refractivity (Wildman–Crippen MR) is 200 cm³/mol. The summed E-state index contributed by atoms with van der Waals surface area (Å²) in [5, 5.41) is 29.3. The number of nitrogens with zero attached hydrogens (tertiary/aromatic N) is 5. The van der Waals surface area contributed by atoms with E-state index in [0.717, 1.165) is 27.8 Å². The van der Waals surface area contributed by atoms with Crippen LogP contribution < -0.4 is 25.6 Å². The number of amides is 3. The zero-order valence-electron chi connectivity index (χ0n) is 30.5. The lowest BCUT2D eigenvalue weighted by Crippen LogP contribution is -2.53. The van der Waals surface area contributed by atoms with Crippen LogP contribution >= 0.6 is 0 Å². The van der Waals surface area contributed by atoms with Crippen molar-refractivity contribution in [2.45, 2.75) is 42.9 Å². The number of alkyl carbamates (subject to hydrolysis) is 1. The summed E-state index contributed by atoms with van der Waals surface area (Å²) in [6.07, 6.45) is -1.22. The van der Waals surface area contributed by atoms with Gasteiger partial charge in [0.15, 0.2) is 23.2 Å². The minimum Gasteiger partial charge on any atom is -0.497 e. The Bertz CT molecular complexity index is 2130. The molecule has 1 fully saturated rings. The second kappa shape index (κ2) is 16.1. The average molecular weight is 751 g/mol. The molecule has 5 aromatic rings. The summed E-state index contributed by atoms with van der Waals surface area (Å²) >= 11 is 0. The molecule has 0 saturated carbocycles. The topological polar surface area (TPSA) is 202 Å². The van der Waals surface area contributed by atoms with Crippen LogP contribution in [0.15, 0.2) is 85.5 Å².